The van der Waals surface area contributed by atoms with E-state index in [9.17, 15) is 14.0 Å². The first-order valence-corrected chi connectivity index (χ1v) is 13.8. The third-order valence-electron chi connectivity index (χ3n) is 5.97. The van der Waals surface area contributed by atoms with E-state index < -0.39 is 18.3 Å². The van der Waals surface area contributed by atoms with Gasteiger partial charge in [0.2, 0.25) is 0 Å². The fraction of sp³-hybridized carbons (Fsp3) is 0.0667. The van der Waals surface area contributed by atoms with E-state index in [1.54, 1.807) is 30.3 Å². The lowest BCUT2D eigenvalue weighted by molar-refractivity contribution is -0.118. The van der Waals surface area contributed by atoms with Gasteiger partial charge in [0.25, 0.3) is 11.5 Å². The fourth-order valence-corrected chi connectivity index (χ4v) is 4.93. The van der Waals surface area contributed by atoms with Gasteiger partial charge in [0.1, 0.15) is 5.82 Å². The van der Waals surface area contributed by atoms with Crippen molar-refractivity contribution >= 4 is 60.6 Å². The highest BCUT2D eigenvalue weighted by Crippen LogP contribution is 2.42. The predicted molar refractivity (Wildman–Crippen MR) is 163 cm³/mol. The summed E-state index contributed by atoms with van der Waals surface area (Å²) in [6.45, 7) is -0.401. The van der Waals surface area contributed by atoms with Crippen molar-refractivity contribution in [1.82, 2.24) is 9.66 Å². The van der Waals surface area contributed by atoms with Crippen LogP contribution < -0.4 is 20.3 Å². The second kappa shape index (κ2) is 12.4. The summed E-state index contributed by atoms with van der Waals surface area (Å²) in [5, 5.41) is 7.41. The topological polar surface area (TPSA) is 94.8 Å². The largest absolute Gasteiger partial charge is 0.493 e. The Labute approximate surface area is 250 Å². The number of carbonyl (C=O) groups is 1. The number of rotatable bonds is 8. The number of aromatic nitrogens is 2. The molecule has 11 heteroatoms. The maximum Gasteiger partial charge on any atom is 0.282 e. The van der Waals surface area contributed by atoms with Crippen molar-refractivity contribution in [3.8, 4) is 22.9 Å². The zero-order valence-corrected chi connectivity index (χ0v) is 24.6. The number of carbonyl (C=O) groups excluding carboxylic acids is 1. The van der Waals surface area contributed by atoms with Crippen molar-refractivity contribution < 1.29 is 18.7 Å². The molecule has 1 heterocycles. The molecule has 8 nitrogen and oxygen atoms in total. The Morgan fingerprint density at radius 1 is 1.02 bits per heavy atom. The molecule has 0 radical (unpaired) electrons. The second-order valence-electron chi connectivity index (χ2n) is 8.62. The molecule has 1 aromatic heterocycles. The van der Waals surface area contributed by atoms with Crippen LogP contribution >= 0.6 is 31.9 Å². The molecule has 5 aromatic rings. The van der Waals surface area contributed by atoms with Crippen LogP contribution in [0, 0.1) is 5.82 Å². The minimum absolute atomic E-state index is 0.0492. The van der Waals surface area contributed by atoms with E-state index in [1.807, 2.05) is 36.4 Å². The molecular weight excluding hydrogens is 659 g/mol. The van der Waals surface area contributed by atoms with E-state index >= 15 is 0 Å². The third kappa shape index (κ3) is 6.06. The fourth-order valence-electron chi connectivity index (χ4n) is 4.00. The van der Waals surface area contributed by atoms with Crippen LogP contribution in [-0.4, -0.2) is 35.5 Å². The molecule has 0 spiro atoms. The van der Waals surface area contributed by atoms with Crippen LogP contribution in [0.1, 0.15) is 5.56 Å². The molecule has 1 amide bonds. The molecule has 0 unspecified atom stereocenters. The number of anilines is 1. The van der Waals surface area contributed by atoms with Crippen LogP contribution in [0.25, 0.3) is 22.3 Å². The Morgan fingerprint density at radius 2 is 1.73 bits per heavy atom. The third-order valence-corrected chi connectivity index (χ3v) is 8.11. The monoisotopic (exact) mass is 678 g/mol. The summed E-state index contributed by atoms with van der Waals surface area (Å²) in [5.74, 6) is -0.180. The molecule has 0 aliphatic carbocycles. The van der Waals surface area contributed by atoms with Gasteiger partial charge in [-0.15, -0.1) is 0 Å². The van der Waals surface area contributed by atoms with Crippen LogP contribution in [0.2, 0.25) is 0 Å². The van der Waals surface area contributed by atoms with Crippen molar-refractivity contribution in [3.05, 3.63) is 116 Å². The summed E-state index contributed by atoms with van der Waals surface area (Å²) < 4.78 is 27.4. The summed E-state index contributed by atoms with van der Waals surface area (Å²) >= 11 is 7.02. The average molecular weight is 680 g/mol. The van der Waals surface area contributed by atoms with Gasteiger partial charge in [0, 0.05) is 15.6 Å². The molecule has 206 valence electrons. The van der Waals surface area contributed by atoms with Crippen molar-refractivity contribution in [2.45, 2.75) is 0 Å². The molecular formula is C30H21Br2FN4O4. The lowest BCUT2D eigenvalue weighted by atomic mass is 10.2. The molecule has 5 rings (SSSR count). The smallest absolute Gasteiger partial charge is 0.282 e. The first kappa shape index (κ1) is 28.2. The Balaban J connectivity index is 1.47. The van der Waals surface area contributed by atoms with Crippen molar-refractivity contribution in [2.24, 2.45) is 5.10 Å². The molecule has 0 atom stereocenters. The van der Waals surface area contributed by atoms with Gasteiger partial charge >= 0.3 is 0 Å². The van der Waals surface area contributed by atoms with Crippen molar-refractivity contribution in [2.75, 3.05) is 19.0 Å². The van der Waals surface area contributed by atoms with Gasteiger partial charge in [-0.2, -0.15) is 9.78 Å². The SMILES string of the molecule is COc1cc(C=Nn2c(-c3ccccc3)nc3ccccc3c2=O)c(Br)c(Br)c1OCC(=O)Nc1ccccc1F. The number of benzene rings is 4. The van der Waals surface area contributed by atoms with Crippen LogP contribution in [0.3, 0.4) is 0 Å². The summed E-state index contributed by atoms with van der Waals surface area (Å²) in [6.07, 6.45) is 1.50. The van der Waals surface area contributed by atoms with Crippen LogP contribution in [0.4, 0.5) is 10.1 Å². The van der Waals surface area contributed by atoms with E-state index in [0.29, 0.717) is 37.0 Å². The van der Waals surface area contributed by atoms with Gasteiger partial charge in [-0.05, 0) is 62.2 Å². The van der Waals surface area contributed by atoms with Crippen LogP contribution in [0.15, 0.2) is 104 Å². The number of fused-ring (bicyclic) bond motifs is 1. The van der Waals surface area contributed by atoms with Gasteiger partial charge in [0.05, 0.1) is 34.4 Å². The summed E-state index contributed by atoms with van der Waals surface area (Å²) in [7, 11) is 1.45. The highest BCUT2D eigenvalue weighted by Gasteiger charge is 2.19. The molecule has 41 heavy (non-hydrogen) atoms. The van der Waals surface area contributed by atoms with Gasteiger partial charge in [-0.1, -0.05) is 54.6 Å². The quantitative estimate of drug-likeness (QED) is 0.186. The molecule has 0 bridgehead atoms. The van der Waals surface area contributed by atoms with Crippen molar-refractivity contribution in [1.29, 1.82) is 0 Å². The Hall–Kier alpha value is -4.35. The number of nitrogens with one attached hydrogen (secondary N) is 1. The van der Waals surface area contributed by atoms with Crippen molar-refractivity contribution in [3.63, 3.8) is 0 Å². The molecule has 0 aliphatic rings. The Morgan fingerprint density at radius 3 is 2.49 bits per heavy atom. The average Bonchev–Trinajstić information content (AvgIpc) is 2.99. The highest BCUT2D eigenvalue weighted by molar-refractivity contribution is 9.13. The molecule has 0 fully saturated rings. The molecule has 1 N–H and O–H groups in total. The standard InChI is InChI=1S/C30H21Br2FN4O4/c1-40-24-15-19(26(31)27(32)28(24)41-17-25(38)35-23-14-8-6-12-21(23)33)16-34-37-29(18-9-3-2-4-10-18)36-22-13-7-5-11-20(22)30(37)39/h2-16H,17H2,1H3,(H,35,38). The zero-order valence-electron chi connectivity index (χ0n) is 21.5. The predicted octanol–water partition coefficient (Wildman–Crippen LogP) is 6.64. The van der Waals surface area contributed by atoms with Crippen LogP contribution in [0.5, 0.6) is 11.5 Å². The lowest BCUT2D eigenvalue weighted by Crippen LogP contribution is -2.21. The zero-order chi connectivity index (χ0) is 28.9. The lowest BCUT2D eigenvalue weighted by Gasteiger charge is -2.15. The van der Waals surface area contributed by atoms with E-state index in [-0.39, 0.29) is 17.0 Å². The van der Waals surface area contributed by atoms with E-state index in [2.05, 4.69) is 42.3 Å². The van der Waals surface area contributed by atoms with E-state index in [0.717, 1.165) is 5.56 Å². The minimum atomic E-state index is -0.554. The Bertz CT molecular complexity index is 1840. The van der Waals surface area contributed by atoms with E-state index in [1.165, 1.54) is 36.2 Å². The number of ether oxygens (including phenoxy) is 2. The molecule has 0 saturated carbocycles. The van der Waals surface area contributed by atoms with E-state index in [4.69, 9.17) is 14.5 Å². The second-order valence-corrected chi connectivity index (χ2v) is 10.2. The number of nitrogens with zero attached hydrogens (tertiary/aromatic N) is 3. The number of methoxy groups -OCH3 is 1. The summed E-state index contributed by atoms with van der Waals surface area (Å²) in [4.78, 5) is 30.6. The molecule has 0 saturated heterocycles. The first-order chi connectivity index (χ1) is 19.9. The van der Waals surface area contributed by atoms with Gasteiger partial charge in [-0.3, -0.25) is 9.59 Å². The Kier molecular flexibility index (Phi) is 8.55. The highest BCUT2D eigenvalue weighted by atomic mass is 79.9. The number of hydrogen-bond donors (Lipinski definition) is 1. The molecule has 0 aliphatic heterocycles. The first-order valence-electron chi connectivity index (χ1n) is 12.2. The van der Waals surface area contributed by atoms with Gasteiger partial charge < -0.3 is 14.8 Å². The number of halogens is 3. The maximum absolute atomic E-state index is 13.9. The number of para-hydroxylation sites is 2. The van der Waals surface area contributed by atoms with Gasteiger partial charge in [0.15, 0.2) is 23.9 Å². The summed E-state index contributed by atoms with van der Waals surface area (Å²) in [6, 6.07) is 23.9. The number of hydrogen-bond acceptors (Lipinski definition) is 6. The maximum atomic E-state index is 13.9. The molecule has 4 aromatic carbocycles. The van der Waals surface area contributed by atoms with Gasteiger partial charge in [-0.25, -0.2) is 9.37 Å². The summed E-state index contributed by atoms with van der Waals surface area (Å²) in [5.41, 5.74) is 1.56. The van der Waals surface area contributed by atoms with Crippen LogP contribution in [-0.2, 0) is 4.79 Å². The number of amides is 1. The minimum Gasteiger partial charge on any atom is -0.493 e. The normalized spacial score (nSPS) is 11.1.